The highest BCUT2D eigenvalue weighted by Crippen LogP contribution is 2.27. The Morgan fingerprint density at radius 3 is 2.89 bits per heavy atom. The summed E-state index contributed by atoms with van der Waals surface area (Å²) >= 11 is 0. The molecule has 0 atom stereocenters. The number of nitrogen functional groups attached to an aromatic ring is 1. The second kappa shape index (κ2) is 4.10. The molecule has 2 heterocycles. The Morgan fingerprint density at radius 2 is 2.11 bits per heavy atom. The first-order valence-corrected chi connectivity index (χ1v) is 5.62. The molecule has 2 aromatic heterocycles. The molecule has 4 nitrogen and oxygen atoms in total. The number of aromatic nitrogens is 2. The molecule has 0 saturated heterocycles. The van der Waals surface area contributed by atoms with Crippen molar-refractivity contribution in [2.45, 2.75) is 0 Å². The minimum atomic E-state index is -0.381. The number of rotatable bonds is 1. The van der Waals surface area contributed by atoms with Gasteiger partial charge in [0.2, 0.25) is 0 Å². The molecule has 0 bridgehead atoms. The third-order valence-corrected chi connectivity index (χ3v) is 2.88. The fraction of sp³-hybridized carbons (Fsp3) is 0. The second-order valence-electron chi connectivity index (χ2n) is 4.11. The van der Waals surface area contributed by atoms with Crippen LogP contribution in [0, 0.1) is 17.1 Å². The average molecular weight is 252 g/mol. The molecule has 0 fully saturated rings. The molecule has 3 aromatic rings. The average Bonchev–Trinajstić information content (AvgIpc) is 2.76. The molecule has 0 unspecified atom stereocenters. The standard InChI is InChI=1S/C14H9FN4/c15-11-4-5-12-18-13(14(17)19(12)8-11)10-3-1-2-9(6-10)7-16/h1-6,8H,17H2. The van der Waals surface area contributed by atoms with Gasteiger partial charge in [0.1, 0.15) is 23.0 Å². The molecule has 1 aromatic carbocycles. The van der Waals surface area contributed by atoms with E-state index in [1.807, 2.05) is 6.07 Å². The zero-order valence-corrected chi connectivity index (χ0v) is 9.84. The largest absolute Gasteiger partial charge is 0.383 e. The first-order chi connectivity index (χ1) is 9.19. The minimum Gasteiger partial charge on any atom is -0.383 e. The van der Waals surface area contributed by atoms with Crippen molar-refractivity contribution in [3.63, 3.8) is 0 Å². The number of nitriles is 1. The lowest BCUT2D eigenvalue weighted by molar-refractivity contribution is 0.619. The van der Waals surface area contributed by atoms with E-state index in [9.17, 15) is 4.39 Å². The molecular weight excluding hydrogens is 243 g/mol. The minimum absolute atomic E-state index is 0.351. The van der Waals surface area contributed by atoms with E-state index in [0.717, 1.165) is 5.56 Å². The van der Waals surface area contributed by atoms with E-state index in [1.165, 1.54) is 16.7 Å². The summed E-state index contributed by atoms with van der Waals surface area (Å²) in [5.74, 6) is -0.0292. The summed E-state index contributed by atoms with van der Waals surface area (Å²) in [6, 6.07) is 11.9. The van der Waals surface area contributed by atoms with Crippen molar-refractivity contribution >= 4 is 11.5 Å². The molecule has 0 amide bonds. The monoisotopic (exact) mass is 252 g/mol. The summed E-state index contributed by atoms with van der Waals surface area (Å²) in [6.07, 6.45) is 1.29. The molecule has 19 heavy (non-hydrogen) atoms. The van der Waals surface area contributed by atoms with Crippen LogP contribution < -0.4 is 5.73 Å². The number of nitrogens with zero attached hydrogens (tertiary/aromatic N) is 3. The van der Waals surface area contributed by atoms with Gasteiger partial charge in [-0.1, -0.05) is 12.1 Å². The van der Waals surface area contributed by atoms with Crippen LogP contribution in [0.3, 0.4) is 0 Å². The van der Waals surface area contributed by atoms with Crippen molar-refractivity contribution in [1.29, 1.82) is 5.26 Å². The Morgan fingerprint density at radius 1 is 1.26 bits per heavy atom. The molecule has 92 valence electrons. The molecule has 2 N–H and O–H groups in total. The van der Waals surface area contributed by atoms with Gasteiger partial charge in [-0.15, -0.1) is 0 Å². The van der Waals surface area contributed by atoms with Gasteiger partial charge in [-0.2, -0.15) is 5.26 Å². The summed E-state index contributed by atoms with van der Waals surface area (Å²) in [5, 5.41) is 8.90. The van der Waals surface area contributed by atoms with Crippen molar-refractivity contribution in [2.75, 3.05) is 5.73 Å². The maximum absolute atomic E-state index is 13.2. The molecule has 0 saturated carbocycles. The van der Waals surface area contributed by atoms with Crippen LogP contribution in [0.1, 0.15) is 5.56 Å². The first-order valence-electron chi connectivity index (χ1n) is 5.62. The third kappa shape index (κ3) is 1.79. The van der Waals surface area contributed by atoms with Gasteiger partial charge in [0, 0.05) is 11.8 Å². The van der Waals surface area contributed by atoms with E-state index in [-0.39, 0.29) is 5.82 Å². The van der Waals surface area contributed by atoms with Crippen molar-refractivity contribution in [1.82, 2.24) is 9.38 Å². The van der Waals surface area contributed by atoms with Gasteiger partial charge in [0.15, 0.2) is 0 Å². The van der Waals surface area contributed by atoms with Gasteiger partial charge in [0.25, 0.3) is 0 Å². The van der Waals surface area contributed by atoms with E-state index in [1.54, 1.807) is 24.3 Å². The number of pyridine rings is 1. The Bertz CT molecular complexity index is 814. The summed E-state index contributed by atoms with van der Waals surface area (Å²) in [7, 11) is 0. The Kier molecular flexibility index (Phi) is 2.43. The van der Waals surface area contributed by atoms with Crippen LogP contribution in [0.4, 0.5) is 10.2 Å². The summed E-state index contributed by atoms with van der Waals surface area (Å²) < 4.78 is 14.7. The number of anilines is 1. The lowest BCUT2D eigenvalue weighted by Gasteiger charge is -1.99. The van der Waals surface area contributed by atoms with Gasteiger partial charge in [-0.25, -0.2) is 9.37 Å². The first kappa shape index (κ1) is 11.2. The SMILES string of the molecule is N#Cc1cccc(-c2nc3ccc(F)cn3c2N)c1. The highest BCUT2D eigenvalue weighted by atomic mass is 19.1. The van der Waals surface area contributed by atoms with E-state index in [0.29, 0.717) is 22.7 Å². The summed E-state index contributed by atoms with van der Waals surface area (Å²) in [5.41, 5.74) is 8.36. The highest BCUT2D eigenvalue weighted by molar-refractivity contribution is 5.75. The van der Waals surface area contributed by atoms with Crippen LogP contribution >= 0.6 is 0 Å². The second-order valence-corrected chi connectivity index (χ2v) is 4.11. The van der Waals surface area contributed by atoms with Gasteiger partial charge in [-0.05, 0) is 24.3 Å². The maximum atomic E-state index is 13.2. The number of nitrogens with two attached hydrogens (primary N) is 1. The maximum Gasteiger partial charge on any atom is 0.140 e. The number of hydrogen-bond donors (Lipinski definition) is 1. The topological polar surface area (TPSA) is 67.1 Å². The lowest BCUT2D eigenvalue weighted by Crippen LogP contribution is -1.94. The normalized spacial score (nSPS) is 10.5. The smallest absolute Gasteiger partial charge is 0.140 e. The fourth-order valence-corrected chi connectivity index (χ4v) is 1.99. The molecule has 0 aliphatic rings. The Labute approximate surface area is 108 Å². The van der Waals surface area contributed by atoms with Gasteiger partial charge in [0.05, 0.1) is 11.6 Å². The van der Waals surface area contributed by atoms with Crippen LogP contribution in [0.15, 0.2) is 42.6 Å². The van der Waals surface area contributed by atoms with E-state index in [4.69, 9.17) is 11.0 Å². The van der Waals surface area contributed by atoms with Gasteiger partial charge in [-0.3, -0.25) is 4.40 Å². The zero-order valence-electron chi connectivity index (χ0n) is 9.84. The molecule has 0 aliphatic carbocycles. The van der Waals surface area contributed by atoms with Gasteiger partial charge >= 0.3 is 0 Å². The molecule has 0 aliphatic heterocycles. The quantitative estimate of drug-likeness (QED) is 0.723. The summed E-state index contributed by atoms with van der Waals surface area (Å²) in [6.45, 7) is 0. The number of benzene rings is 1. The van der Waals surface area contributed by atoms with Crippen LogP contribution in [0.25, 0.3) is 16.9 Å². The number of hydrogen-bond acceptors (Lipinski definition) is 3. The number of halogens is 1. The predicted molar refractivity (Wildman–Crippen MR) is 69.7 cm³/mol. The van der Waals surface area contributed by atoms with Crippen molar-refractivity contribution in [3.8, 4) is 17.3 Å². The van der Waals surface area contributed by atoms with Crippen LogP contribution in [0.5, 0.6) is 0 Å². The van der Waals surface area contributed by atoms with Crippen LogP contribution in [-0.2, 0) is 0 Å². The molecule has 3 rings (SSSR count). The molecule has 0 spiro atoms. The highest BCUT2D eigenvalue weighted by Gasteiger charge is 2.12. The summed E-state index contributed by atoms with van der Waals surface area (Å²) in [4.78, 5) is 4.36. The van der Waals surface area contributed by atoms with E-state index < -0.39 is 0 Å². The fourth-order valence-electron chi connectivity index (χ4n) is 1.99. The molecule has 0 radical (unpaired) electrons. The molecule has 5 heteroatoms. The van der Waals surface area contributed by atoms with Crippen molar-refractivity contribution in [3.05, 3.63) is 54.0 Å². The van der Waals surface area contributed by atoms with E-state index in [2.05, 4.69) is 11.1 Å². The third-order valence-electron chi connectivity index (χ3n) is 2.88. The number of fused-ring (bicyclic) bond motifs is 1. The van der Waals surface area contributed by atoms with Crippen LogP contribution in [0.2, 0.25) is 0 Å². The Balaban J connectivity index is 2.25. The van der Waals surface area contributed by atoms with Crippen LogP contribution in [-0.4, -0.2) is 9.38 Å². The van der Waals surface area contributed by atoms with Crippen molar-refractivity contribution in [2.24, 2.45) is 0 Å². The predicted octanol–water partition coefficient (Wildman–Crippen LogP) is 2.59. The zero-order chi connectivity index (χ0) is 13.4. The van der Waals surface area contributed by atoms with Gasteiger partial charge < -0.3 is 5.73 Å². The lowest BCUT2D eigenvalue weighted by atomic mass is 10.1. The van der Waals surface area contributed by atoms with E-state index >= 15 is 0 Å². The number of imidazole rings is 1. The van der Waals surface area contributed by atoms with Crippen molar-refractivity contribution < 1.29 is 4.39 Å². The Hall–Kier alpha value is -2.87. The molecular formula is C14H9FN4.